The quantitative estimate of drug-likeness (QED) is 0.773. The summed E-state index contributed by atoms with van der Waals surface area (Å²) in [5.41, 5.74) is 0.985. The van der Waals surface area contributed by atoms with Gasteiger partial charge in [-0.05, 0) is 38.0 Å². The molecule has 0 spiro atoms. The molecule has 1 atom stereocenters. The Morgan fingerprint density at radius 1 is 1.44 bits per heavy atom. The summed E-state index contributed by atoms with van der Waals surface area (Å²) in [6.45, 7) is 1.48. The van der Waals surface area contributed by atoms with Crippen LogP contribution in [0.2, 0.25) is 0 Å². The predicted molar refractivity (Wildman–Crippen MR) is 92.5 cm³/mol. The van der Waals surface area contributed by atoms with Crippen LogP contribution in [0.5, 0.6) is 0 Å². The second-order valence-corrected chi connectivity index (χ2v) is 7.32. The summed E-state index contributed by atoms with van der Waals surface area (Å²) in [6.07, 6.45) is 8.64. The Morgan fingerprint density at radius 3 is 2.88 bits per heavy atom. The van der Waals surface area contributed by atoms with Crippen LogP contribution in [0.25, 0.3) is 0 Å². The number of carbonyl (C=O) groups is 2. The summed E-state index contributed by atoms with van der Waals surface area (Å²) in [6, 6.07) is -0.0961. The molecule has 1 saturated heterocycles. The highest BCUT2D eigenvalue weighted by atomic mass is 16.3. The lowest BCUT2D eigenvalue weighted by Gasteiger charge is -2.37. The molecule has 0 aromatic carbocycles. The third-order valence-electron chi connectivity index (χ3n) is 5.27. The molecule has 2 heterocycles. The third-order valence-corrected chi connectivity index (χ3v) is 5.27. The Morgan fingerprint density at radius 2 is 2.24 bits per heavy atom. The van der Waals surface area contributed by atoms with Gasteiger partial charge in [0.25, 0.3) is 0 Å². The van der Waals surface area contributed by atoms with E-state index in [2.05, 4.69) is 10.4 Å². The van der Waals surface area contributed by atoms with Gasteiger partial charge in [-0.2, -0.15) is 5.10 Å². The Kier molecular flexibility index (Phi) is 5.73. The molecule has 3 rings (SSSR count). The maximum absolute atomic E-state index is 12.4. The molecule has 1 aliphatic carbocycles. The molecular weight excluding hydrogens is 320 g/mol. The van der Waals surface area contributed by atoms with Gasteiger partial charge in [0.1, 0.15) is 0 Å². The van der Waals surface area contributed by atoms with E-state index < -0.39 is 0 Å². The van der Waals surface area contributed by atoms with Crippen molar-refractivity contribution >= 4 is 11.8 Å². The number of aryl methyl sites for hydroxylation is 1. The van der Waals surface area contributed by atoms with Gasteiger partial charge in [-0.25, -0.2) is 0 Å². The fourth-order valence-electron chi connectivity index (χ4n) is 3.75. The number of rotatable bonds is 7. The molecule has 0 bridgehead atoms. The SMILES string of the molecule is Cn1cc([C@@H](NC(=O)CCCN2CCCCC2=O)C2CC(O)C2)cn1. The van der Waals surface area contributed by atoms with Crippen molar-refractivity contribution in [3.8, 4) is 0 Å². The smallest absolute Gasteiger partial charge is 0.222 e. The number of hydrogen-bond acceptors (Lipinski definition) is 4. The molecular formula is C18H28N4O3. The van der Waals surface area contributed by atoms with Gasteiger partial charge < -0.3 is 15.3 Å². The fraction of sp³-hybridized carbons (Fsp3) is 0.722. The summed E-state index contributed by atoms with van der Waals surface area (Å²) in [7, 11) is 1.85. The van der Waals surface area contributed by atoms with Crippen molar-refractivity contribution in [2.45, 2.75) is 57.1 Å². The van der Waals surface area contributed by atoms with Crippen LogP contribution in [0.15, 0.2) is 12.4 Å². The molecule has 7 heteroatoms. The number of carbonyl (C=O) groups excluding carboxylic acids is 2. The van der Waals surface area contributed by atoms with Gasteiger partial charge in [0, 0.05) is 44.7 Å². The first-order chi connectivity index (χ1) is 12.0. The number of likely N-dealkylation sites (tertiary alicyclic amines) is 1. The summed E-state index contributed by atoms with van der Waals surface area (Å²) in [5.74, 6) is 0.467. The second kappa shape index (κ2) is 7.99. The molecule has 2 N–H and O–H groups in total. The van der Waals surface area contributed by atoms with Gasteiger partial charge in [0.05, 0.1) is 18.3 Å². The van der Waals surface area contributed by atoms with Crippen LogP contribution in [-0.2, 0) is 16.6 Å². The van der Waals surface area contributed by atoms with Crippen LogP contribution in [0.3, 0.4) is 0 Å². The lowest BCUT2D eigenvalue weighted by Crippen LogP contribution is -2.41. The Balaban J connectivity index is 1.49. The van der Waals surface area contributed by atoms with E-state index in [-0.39, 0.29) is 29.9 Å². The van der Waals surface area contributed by atoms with Gasteiger partial charge in [0.2, 0.25) is 11.8 Å². The highest BCUT2D eigenvalue weighted by Gasteiger charge is 2.36. The van der Waals surface area contributed by atoms with E-state index in [4.69, 9.17) is 0 Å². The average molecular weight is 348 g/mol. The first kappa shape index (κ1) is 17.9. The molecule has 1 aromatic rings. The van der Waals surface area contributed by atoms with Gasteiger partial charge >= 0.3 is 0 Å². The minimum absolute atomic E-state index is 0.000277. The number of amides is 2. The van der Waals surface area contributed by atoms with Crippen molar-refractivity contribution in [1.29, 1.82) is 0 Å². The van der Waals surface area contributed by atoms with Crippen LogP contribution in [0, 0.1) is 5.92 Å². The number of hydrogen-bond donors (Lipinski definition) is 2. The number of nitrogens with one attached hydrogen (secondary N) is 1. The molecule has 1 aromatic heterocycles. The largest absolute Gasteiger partial charge is 0.393 e. The standard InChI is InChI=1S/C18H28N4O3/c1-21-12-14(11-19-21)18(13-9-15(23)10-13)20-16(24)5-4-8-22-7-3-2-6-17(22)25/h11-13,15,18,23H,2-10H2,1H3,(H,20,24)/t13?,15?,18-/m0/s1. The van der Waals surface area contributed by atoms with Crippen LogP contribution in [-0.4, -0.2) is 50.8 Å². The highest BCUT2D eigenvalue weighted by Crippen LogP contribution is 2.38. The van der Waals surface area contributed by atoms with Crippen LogP contribution in [0.1, 0.15) is 56.6 Å². The second-order valence-electron chi connectivity index (χ2n) is 7.32. The minimum atomic E-state index is -0.258. The van der Waals surface area contributed by atoms with Crippen LogP contribution in [0.4, 0.5) is 0 Å². The van der Waals surface area contributed by atoms with E-state index in [1.165, 1.54) is 0 Å². The van der Waals surface area contributed by atoms with Crippen molar-refractivity contribution in [2.24, 2.45) is 13.0 Å². The Labute approximate surface area is 148 Å². The number of aliphatic hydroxyl groups excluding tert-OH is 1. The number of nitrogens with zero attached hydrogens (tertiary/aromatic N) is 3. The van der Waals surface area contributed by atoms with Gasteiger partial charge in [-0.15, -0.1) is 0 Å². The lowest BCUT2D eigenvalue weighted by molar-refractivity contribution is -0.133. The molecule has 0 unspecified atom stereocenters. The summed E-state index contributed by atoms with van der Waals surface area (Å²) < 4.78 is 1.73. The summed E-state index contributed by atoms with van der Waals surface area (Å²) in [4.78, 5) is 26.0. The van der Waals surface area contributed by atoms with Crippen LogP contribution < -0.4 is 5.32 Å². The Hall–Kier alpha value is -1.89. The first-order valence-electron chi connectivity index (χ1n) is 9.26. The molecule has 2 fully saturated rings. The summed E-state index contributed by atoms with van der Waals surface area (Å²) in [5, 5.41) is 16.9. The zero-order valence-electron chi connectivity index (χ0n) is 14.9. The molecule has 138 valence electrons. The van der Waals surface area contributed by atoms with E-state index in [1.807, 2.05) is 18.1 Å². The molecule has 1 saturated carbocycles. The number of aliphatic hydroxyl groups is 1. The number of piperidine rings is 1. The van der Waals surface area contributed by atoms with E-state index in [1.54, 1.807) is 10.9 Å². The van der Waals surface area contributed by atoms with Gasteiger partial charge in [-0.1, -0.05) is 0 Å². The molecule has 2 amide bonds. The monoisotopic (exact) mass is 348 g/mol. The maximum atomic E-state index is 12.4. The maximum Gasteiger partial charge on any atom is 0.222 e. The van der Waals surface area contributed by atoms with Crippen LogP contribution >= 0.6 is 0 Å². The number of aromatic nitrogens is 2. The highest BCUT2D eigenvalue weighted by molar-refractivity contribution is 5.77. The van der Waals surface area contributed by atoms with Crippen molar-refractivity contribution in [1.82, 2.24) is 20.0 Å². The van der Waals surface area contributed by atoms with Crippen molar-refractivity contribution < 1.29 is 14.7 Å². The van der Waals surface area contributed by atoms with E-state index >= 15 is 0 Å². The predicted octanol–water partition coefficient (Wildman–Crippen LogP) is 1.14. The van der Waals surface area contributed by atoms with E-state index in [0.29, 0.717) is 38.6 Å². The lowest BCUT2D eigenvalue weighted by atomic mass is 9.75. The molecule has 0 radical (unpaired) electrons. The van der Waals surface area contributed by atoms with Gasteiger partial charge in [-0.3, -0.25) is 14.3 Å². The molecule has 25 heavy (non-hydrogen) atoms. The van der Waals surface area contributed by atoms with Crippen molar-refractivity contribution in [2.75, 3.05) is 13.1 Å². The average Bonchev–Trinajstić information content (AvgIpc) is 2.98. The van der Waals surface area contributed by atoms with Crippen molar-refractivity contribution in [3.63, 3.8) is 0 Å². The normalized spacial score (nSPS) is 24.7. The van der Waals surface area contributed by atoms with E-state index in [9.17, 15) is 14.7 Å². The Bertz CT molecular complexity index is 609. The van der Waals surface area contributed by atoms with Crippen molar-refractivity contribution in [3.05, 3.63) is 18.0 Å². The zero-order valence-corrected chi connectivity index (χ0v) is 14.9. The minimum Gasteiger partial charge on any atom is -0.393 e. The fourth-order valence-corrected chi connectivity index (χ4v) is 3.75. The molecule has 2 aliphatic rings. The molecule has 1 aliphatic heterocycles. The third kappa shape index (κ3) is 4.60. The zero-order chi connectivity index (χ0) is 17.8. The van der Waals surface area contributed by atoms with E-state index in [0.717, 1.165) is 24.9 Å². The molecule has 7 nitrogen and oxygen atoms in total. The summed E-state index contributed by atoms with van der Waals surface area (Å²) >= 11 is 0. The first-order valence-corrected chi connectivity index (χ1v) is 9.26. The topological polar surface area (TPSA) is 87.5 Å². The van der Waals surface area contributed by atoms with Gasteiger partial charge in [0.15, 0.2) is 0 Å².